The number of rotatable bonds is 17. The SMILES string of the molecule is C=C(c1ccc(-c2cnc(C)c(-c3nnc(-c4ccccc4I)o3)n2)cc1)N(C)C.Cc1ncc(-c2ccc(S(=O)(=O)C(C)C)cc2)nc1-c1nnc(N2CCCC(N)C2)o1.Cc1ncc(-c2ccc(S(=O)C(C)C)cc2)nc1-c1nnc(-c2cccc(CN(C)C)c2)o1.O.[HH].[HH].[HH].[HH].[HH]. The monoisotopic (exact) mass is 1440 g/mol. The highest BCUT2D eigenvalue weighted by atomic mass is 127. The van der Waals surface area contributed by atoms with E-state index in [1.807, 2.05) is 158 Å². The third-order valence-corrected chi connectivity index (χ3v) is 19.9. The highest BCUT2D eigenvalue weighted by molar-refractivity contribution is 14.1. The second kappa shape index (κ2) is 30.9. The van der Waals surface area contributed by atoms with Gasteiger partial charge < -0.3 is 39.2 Å². The van der Waals surface area contributed by atoms with Crippen LogP contribution in [-0.2, 0) is 27.2 Å². The van der Waals surface area contributed by atoms with Crippen molar-refractivity contribution in [3.8, 4) is 91.4 Å². The van der Waals surface area contributed by atoms with Crippen LogP contribution in [0.15, 0.2) is 170 Å². The zero-order chi connectivity index (χ0) is 67.0. The Kier molecular flexibility index (Phi) is 22.8. The van der Waals surface area contributed by atoms with Gasteiger partial charge in [0.25, 0.3) is 17.7 Å². The number of anilines is 1. The first kappa shape index (κ1) is 70.1. The lowest BCUT2D eigenvalue weighted by atomic mass is 10.1. The first-order valence-electron chi connectivity index (χ1n) is 30.4. The van der Waals surface area contributed by atoms with Crippen LogP contribution in [0, 0.1) is 24.3 Å². The Morgan fingerprint density at radius 3 is 1.66 bits per heavy atom. The molecule has 0 aliphatic carbocycles. The van der Waals surface area contributed by atoms with E-state index in [2.05, 4.69) is 96.7 Å². The molecule has 26 heteroatoms. The largest absolute Gasteiger partial charge is 0.415 e. The zero-order valence-electron chi connectivity index (χ0n) is 54.7. The number of piperidine rings is 1. The fraction of sp³-hybridized carbons (Fsp3) is 0.275. The van der Waals surface area contributed by atoms with Crippen molar-refractivity contribution in [2.24, 2.45) is 5.73 Å². The van der Waals surface area contributed by atoms with Gasteiger partial charge in [-0.2, -0.15) is 0 Å². The van der Waals surface area contributed by atoms with E-state index in [-0.39, 0.29) is 28.8 Å². The van der Waals surface area contributed by atoms with Gasteiger partial charge >= 0.3 is 6.01 Å². The molecule has 0 amide bonds. The third-order valence-electron chi connectivity index (χ3n) is 15.2. The maximum absolute atomic E-state index is 12.3. The topological polar surface area (TPSA) is 313 Å². The van der Waals surface area contributed by atoms with Gasteiger partial charge in [0.2, 0.25) is 11.8 Å². The molecule has 1 aliphatic rings. The maximum atomic E-state index is 12.3. The van der Waals surface area contributed by atoms with Crippen molar-refractivity contribution in [3.63, 3.8) is 0 Å². The number of hydrogen-bond acceptors (Lipinski definition) is 22. The molecule has 0 saturated carbocycles. The molecule has 6 aromatic heterocycles. The van der Waals surface area contributed by atoms with Crippen LogP contribution in [0.3, 0.4) is 0 Å². The van der Waals surface area contributed by atoms with Gasteiger partial charge in [0.15, 0.2) is 9.84 Å². The first-order chi connectivity index (χ1) is 45.0. The lowest BCUT2D eigenvalue weighted by Crippen LogP contribution is -2.43. The number of benzene rings is 5. The summed E-state index contributed by atoms with van der Waals surface area (Å²) in [6, 6.07) is 38.8. The number of sulfone groups is 1. The minimum atomic E-state index is -3.33. The Bertz CT molecular complexity index is 4630. The van der Waals surface area contributed by atoms with Crippen LogP contribution in [0.2, 0.25) is 0 Å². The molecule has 2 unspecified atom stereocenters. The number of hydrogen-bond donors (Lipinski definition) is 1. The number of nitrogens with two attached hydrogens (primary N) is 1. The number of halogens is 1. The summed E-state index contributed by atoms with van der Waals surface area (Å²) in [6.45, 7) is 19.2. The molecule has 1 aliphatic heterocycles. The summed E-state index contributed by atoms with van der Waals surface area (Å²) in [4.78, 5) is 34.7. The van der Waals surface area contributed by atoms with Gasteiger partial charge in [-0.25, -0.2) is 23.4 Å². The van der Waals surface area contributed by atoms with Crippen LogP contribution in [-0.4, -0.2) is 146 Å². The van der Waals surface area contributed by atoms with Crippen LogP contribution in [0.5, 0.6) is 0 Å². The molecule has 0 bridgehead atoms. The molecule has 4 N–H and O–H groups in total. The number of aromatic nitrogens is 12. The van der Waals surface area contributed by atoms with E-state index in [1.54, 1.807) is 56.7 Å². The Labute approximate surface area is 576 Å². The molecule has 7 heterocycles. The Hall–Kier alpha value is -9.19. The Morgan fingerprint density at radius 1 is 0.653 bits per heavy atom. The summed E-state index contributed by atoms with van der Waals surface area (Å²) in [6.07, 6.45) is 7.09. The van der Waals surface area contributed by atoms with Crippen molar-refractivity contribution < 1.29 is 38.5 Å². The van der Waals surface area contributed by atoms with Crippen molar-refractivity contribution >= 4 is 54.9 Å². The van der Waals surface area contributed by atoms with Crippen LogP contribution < -0.4 is 10.6 Å². The van der Waals surface area contributed by atoms with Gasteiger partial charge in [0.1, 0.15) is 17.1 Å². The Morgan fingerprint density at radius 2 is 1.15 bits per heavy atom. The van der Waals surface area contributed by atoms with Crippen molar-refractivity contribution in [1.82, 2.24) is 70.3 Å². The highest BCUT2D eigenvalue weighted by Crippen LogP contribution is 2.33. The standard InChI is InChI=1S/C25H27N5O2S.C23H20IN5O.C21H26N6O3S.H2O.5H2/c1-16(2)33(31)21-11-9-19(10-12-21)22-14-26-17(3)23(27-22)25-29-28-24(32-25)20-8-6-7-18(13-20)15-30(4)5;1-14-21(23-28-27-22(30-23)18-7-5-6-8-19(18)24)26-20(13-25-14)17-11-9-16(10-12-17)15(2)29(3)4;1-13(2)31(28,29)17-8-6-15(7-9-17)18-11-23-14(3)19(24-18)20-25-26-21(30-20)27-10-4-5-16(22)12-27;;;;;;/h6-14,16H,15H2,1-5H3;5-13H,2H2,1,3-4H3;6-9,11,13,16H,4-5,10,12,22H2,1-3H3;1H2;5*1H. The summed E-state index contributed by atoms with van der Waals surface area (Å²) in [5, 5.41) is 24.8. The molecule has 12 rings (SSSR count). The van der Waals surface area contributed by atoms with Crippen molar-refractivity contribution in [3.05, 3.63) is 178 Å². The summed E-state index contributed by atoms with van der Waals surface area (Å²) < 4.78 is 55.9. The zero-order valence-corrected chi connectivity index (χ0v) is 58.5. The molecule has 95 heavy (non-hydrogen) atoms. The minimum absolute atomic E-state index is 0. The van der Waals surface area contributed by atoms with Gasteiger partial charge in [-0.1, -0.05) is 98.3 Å². The predicted octanol–water partition coefficient (Wildman–Crippen LogP) is 13.1. The molecule has 1 fully saturated rings. The van der Waals surface area contributed by atoms with Crippen LogP contribution in [0.25, 0.3) is 97.1 Å². The van der Waals surface area contributed by atoms with E-state index in [4.69, 9.17) is 29.0 Å². The van der Waals surface area contributed by atoms with Crippen LogP contribution in [0.1, 0.15) is 75.9 Å². The second-order valence-electron chi connectivity index (χ2n) is 23.5. The summed E-state index contributed by atoms with van der Waals surface area (Å²) in [5.41, 5.74) is 19.3. The minimum Gasteiger partial charge on any atom is -0.415 e. The first-order valence-corrected chi connectivity index (χ1v) is 34.2. The lowest BCUT2D eigenvalue weighted by Gasteiger charge is -2.28. The predicted molar refractivity (Wildman–Crippen MR) is 388 cm³/mol. The smallest absolute Gasteiger partial charge is 0.318 e. The van der Waals surface area contributed by atoms with Gasteiger partial charge in [0.05, 0.1) is 79.3 Å². The normalized spacial score (nSPS) is 13.4. The molecule has 2 atom stereocenters. The van der Waals surface area contributed by atoms with E-state index in [9.17, 15) is 12.6 Å². The van der Waals surface area contributed by atoms with E-state index in [0.717, 1.165) is 90.4 Å². The van der Waals surface area contributed by atoms with Crippen LogP contribution in [0.4, 0.5) is 6.01 Å². The quantitative estimate of drug-likeness (QED) is 0.0828. The van der Waals surface area contributed by atoms with Crippen LogP contribution >= 0.6 is 22.6 Å². The summed E-state index contributed by atoms with van der Waals surface area (Å²) >= 11 is 2.25. The van der Waals surface area contributed by atoms with Crippen molar-refractivity contribution in [1.29, 1.82) is 0 Å². The van der Waals surface area contributed by atoms with E-state index in [0.29, 0.717) is 81.9 Å². The lowest BCUT2D eigenvalue weighted by molar-refractivity contribution is 0.402. The second-order valence-corrected chi connectivity index (χ2v) is 29.1. The average molecular weight is 1440 g/mol. The molecule has 23 nitrogen and oxygen atoms in total. The number of aryl methyl sites for hydroxylation is 3. The maximum Gasteiger partial charge on any atom is 0.318 e. The van der Waals surface area contributed by atoms with Gasteiger partial charge in [-0.3, -0.25) is 19.2 Å². The average Bonchev–Trinajstić information content (AvgIpc) is 1.48. The van der Waals surface area contributed by atoms with Crippen molar-refractivity contribution in [2.45, 2.75) is 94.2 Å². The van der Waals surface area contributed by atoms with E-state index >= 15 is 0 Å². The van der Waals surface area contributed by atoms with E-state index < -0.39 is 25.9 Å². The highest BCUT2D eigenvalue weighted by Gasteiger charge is 2.25. The summed E-state index contributed by atoms with van der Waals surface area (Å²) in [7, 11) is 3.65. The van der Waals surface area contributed by atoms with Crippen molar-refractivity contribution in [2.75, 3.05) is 46.2 Å². The molecule has 5 aromatic carbocycles. The van der Waals surface area contributed by atoms with Gasteiger partial charge in [-0.05, 0) is 144 Å². The molecular weight excluding hydrogens is 1360 g/mol. The molecular formula is C69H85IN16O7S2. The third kappa shape index (κ3) is 16.8. The molecule has 0 radical (unpaired) electrons. The Balaban J connectivity index is 0.000000309. The fourth-order valence-electron chi connectivity index (χ4n) is 9.87. The van der Waals surface area contributed by atoms with E-state index in [1.165, 1.54) is 0 Å². The molecule has 1 saturated heterocycles. The number of nitrogens with zero attached hydrogens (tertiary/aromatic N) is 15. The van der Waals surface area contributed by atoms with Gasteiger partial charge in [0, 0.05) is 88.6 Å². The van der Waals surface area contributed by atoms with Gasteiger partial charge in [-0.15, -0.1) is 25.5 Å². The summed E-state index contributed by atoms with van der Waals surface area (Å²) in [5.74, 6) is 1.88. The molecule has 502 valence electrons. The molecule has 11 aromatic rings. The fourth-order valence-corrected chi connectivity index (χ4v) is 12.5. The molecule has 0 spiro atoms.